The second kappa shape index (κ2) is 12.4. The van der Waals surface area contributed by atoms with Crippen LogP contribution in [0.5, 0.6) is 5.75 Å². The number of hydrogen-bond acceptors (Lipinski definition) is 10. The normalized spacial score (nSPS) is 15.3. The number of sulfonamides is 1. The van der Waals surface area contributed by atoms with Gasteiger partial charge in [-0.1, -0.05) is 18.2 Å². The van der Waals surface area contributed by atoms with Crippen LogP contribution in [0.1, 0.15) is 38.4 Å². The zero-order valence-electron chi connectivity index (χ0n) is 24.8. The smallest absolute Gasteiger partial charge is 0.332 e. The van der Waals surface area contributed by atoms with E-state index in [0.717, 1.165) is 10.8 Å². The molecular formula is C30H34N4O9S. The van der Waals surface area contributed by atoms with E-state index in [9.17, 15) is 22.8 Å². The predicted molar refractivity (Wildman–Crippen MR) is 161 cm³/mol. The molecule has 1 aliphatic rings. The van der Waals surface area contributed by atoms with Gasteiger partial charge in [0.2, 0.25) is 15.9 Å². The molecule has 0 unspecified atom stereocenters. The van der Waals surface area contributed by atoms with E-state index in [1.807, 2.05) is 22.9 Å². The molecule has 1 N–H and O–H groups in total. The summed E-state index contributed by atoms with van der Waals surface area (Å²) >= 11 is 0. The van der Waals surface area contributed by atoms with Gasteiger partial charge in [0.25, 0.3) is 11.5 Å². The minimum absolute atomic E-state index is 0.0601. The zero-order valence-corrected chi connectivity index (χ0v) is 25.6. The highest BCUT2D eigenvalue weighted by molar-refractivity contribution is 7.89. The van der Waals surface area contributed by atoms with Gasteiger partial charge < -0.3 is 18.6 Å². The van der Waals surface area contributed by atoms with E-state index < -0.39 is 38.8 Å². The molecule has 0 radical (unpaired) electrons. The van der Waals surface area contributed by atoms with Crippen molar-refractivity contribution in [2.75, 3.05) is 26.6 Å². The Morgan fingerprint density at radius 1 is 1.16 bits per heavy atom. The Hall–Kier alpha value is -4.27. The first kappa shape index (κ1) is 31.2. The van der Waals surface area contributed by atoms with Crippen LogP contribution in [0.25, 0.3) is 22.4 Å². The number of hydrogen-bond donors (Lipinski definition) is 1. The highest BCUT2D eigenvalue weighted by Gasteiger charge is 2.36. The summed E-state index contributed by atoms with van der Waals surface area (Å²) < 4.78 is 51.0. The van der Waals surface area contributed by atoms with Crippen molar-refractivity contribution in [1.29, 1.82) is 0 Å². The van der Waals surface area contributed by atoms with Gasteiger partial charge in [0.1, 0.15) is 23.7 Å². The molecule has 1 amide bonds. The minimum atomic E-state index is -4.00. The van der Waals surface area contributed by atoms with Crippen LogP contribution in [0.2, 0.25) is 0 Å². The zero-order chi connectivity index (χ0) is 31.6. The van der Waals surface area contributed by atoms with Crippen LogP contribution in [-0.2, 0) is 36.4 Å². The van der Waals surface area contributed by atoms with Gasteiger partial charge >= 0.3 is 5.69 Å². The van der Waals surface area contributed by atoms with Crippen molar-refractivity contribution in [3.8, 4) is 17.2 Å². The number of methoxy groups -OCH3 is 1. The number of amides is 1. The quantitative estimate of drug-likeness (QED) is 0.277. The lowest BCUT2D eigenvalue weighted by Gasteiger charge is -2.31. The van der Waals surface area contributed by atoms with Gasteiger partial charge in [-0.05, 0) is 51.0 Å². The first-order chi connectivity index (χ1) is 20.9. The first-order valence-corrected chi connectivity index (χ1v) is 15.9. The Balaban J connectivity index is 1.73. The summed E-state index contributed by atoms with van der Waals surface area (Å²) in [6.45, 7) is 3.62. The SMILES string of the molecule is COc1ccccc1[C@H](Cn1c(=O)n(C(C)(C)C(=O)NS(C)(=O)=O)c(=O)c2cc(-c3ncco3)ccc21)OC1CCOCC1. The monoisotopic (exact) mass is 626 g/mol. The number of oxazole rings is 1. The number of nitrogens with one attached hydrogen (secondary N) is 1. The van der Waals surface area contributed by atoms with Crippen molar-refractivity contribution in [3.63, 3.8) is 0 Å². The summed E-state index contributed by atoms with van der Waals surface area (Å²) in [5.41, 5.74) is -2.09. The Morgan fingerprint density at radius 2 is 1.89 bits per heavy atom. The van der Waals surface area contributed by atoms with Crippen molar-refractivity contribution >= 4 is 26.8 Å². The standard InChI is InChI=1S/C30H34N4O9S/c1-30(2,28(36)32-44(4,38)39)34-27(35)22-17-19(26-31-13-16-42-26)9-10-23(22)33(29(34)37)18-25(43-20-11-14-41-15-12-20)21-7-5-6-8-24(21)40-3/h5-10,13,16-17,20,25H,11-12,14-15,18H2,1-4H3,(H,32,36)/t25-/m0/s1. The molecule has 0 saturated carbocycles. The maximum absolute atomic E-state index is 14.3. The number of ether oxygens (including phenoxy) is 3. The van der Waals surface area contributed by atoms with Gasteiger partial charge in [0, 0.05) is 24.3 Å². The molecule has 2 aromatic heterocycles. The number of rotatable bonds is 10. The summed E-state index contributed by atoms with van der Waals surface area (Å²) in [7, 11) is -2.46. The van der Waals surface area contributed by atoms with Crippen LogP contribution in [0.15, 0.2) is 68.9 Å². The van der Waals surface area contributed by atoms with Crippen molar-refractivity contribution in [2.45, 2.75) is 51.0 Å². The highest BCUT2D eigenvalue weighted by atomic mass is 32.2. The first-order valence-electron chi connectivity index (χ1n) is 14.0. The third kappa shape index (κ3) is 6.32. The van der Waals surface area contributed by atoms with Crippen molar-refractivity contribution < 1.29 is 31.8 Å². The summed E-state index contributed by atoms with van der Waals surface area (Å²) in [5.74, 6) is -0.248. The van der Waals surface area contributed by atoms with Gasteiger partial charge in [0.15, 0.2) is 0 Å². The molecule has 1 aliphatic heterocycles. The average Bonchev–Trinajstić information content (AvgIpc) is 3.53. The summed E-state index contributed by atoms with van der Waals surface area (Å²) in [6.07, 6.45) is 4.10. The molecule has 0 bridgehead atoms. The molecule has 234 valence electrons. The van der Waals surface area contributed by atoms with Crippen molar-refractivity contribution in [2.24, 2.45) is 0 Å². The summed E-state index contributed by atoms with van der Waals surface area (Å²) in [6, 6.07) is 12.1. The van der Waals surface area contributed by atoms with E-state index in [-0.39, 0.29) is 29.4 Å². The predicted octanol–water partition coefficient (Wildman–Crippen LogP) is 2.57. The van der Waals surface area contributed by atoms with Crippen LogP contribution in [0.4, 0.5) is 0 Å². The lowest BCUT2D eigenvalue weighted by atomic mass is 10.0. The molecule has 14 heteroatoms. The third-order valence-corrected chi connectivity index (χ3v) is 8.13. The summed E-state index contributed by atoms with van der Waals surface area (Å²) in [4.78, 5) is 45.7. The van der Waals surface area contributed by atoms with E-state index in [0.29, 0.717) is 42.9 Å². The Morgan fingerprint density at radius 3 is 2.55 bits per heavy atom. The van der Waals surface area contributed by atoms with E-state index in [4.69, 9.17) is 18.6 Å². The lowest BCUT2D eigenvalue weighted by Crippen LogP contribution is -2.56. The largest absolute Gasteiger partial charge is 0.496 e. The van der Waals surface area contributed by atoms with Crippen LogP contribution < -0.4 is 20.7 Å². The van der Waals surface area contributed by atoms with Crippen LogP contribution in [0.3, 0.4) is 0 Å². The van der Waals surface area contributed by atoms with Crippen LogP contribution in [-0.4, -0.2) is 61.1 Å². The number of aromatic nitrogens is 3. The summed E-state index contributed by atoms with van der Waals surface area (Å²) in [5, 5.41) is 0.0883. The molecule has 1 saturated heterocycles. The number of para-hydroxylation sites is 1. The topological polar surface area (TPSA) is 161 Å². The van der Waals surface area contributed by atoms with Crippen molar-refractivity contribution in [3.05, 3.63) is 81.3 Å². The number of benzene rings is 2. The van der Waals surface area contributed by atoms with Gasteiger partial charge in [-0.15, -0.1) is 0 Å². The molecule has 4 aromatic rings. The Bertz CT molecular complexity index is 1890. The molecule has 5 rings (SSSR count). The number of fused-ring (bicyclic) bond motifs is 1. The molecule has 0 aliphatic carbocycles. The molecule has 1 fully saturated rings. The minimum Gasteiger partial charge on any atom is -0.496 e. The molecule has 0 spiro atoms. The van der Waals surface area contributed by atoms with E-state index >= 15 is 0 Å². The Labute approximate surface area is 253 Å². The fraction of sp³-hybridized carbons (Fsp3) is 0.400. The fourth-order valence-corrected chi connectivity index (χ4v) is 5.88. The molecule has 13 nitrogen and oxygen atoms in total. The molecule has 3 heterocycles. The Kier molecular flexibility index (Phi) is 8.77. The van der Waals surface area contributed by atoms with E-state index in [2.05, 4.69) is 4.98 Å². The van der Waals surface area contributed by atoms with Gasteiger partial charge in [-0.2, -0.15) is 0 Å². The van der Waals surface area contributed by atoms with Gasteiger partial charge in [0.05, 0.1) is 43.1 Å². The molecule has 44 heavy (non-hydrogen) atoms. The lowest BCUT2D eigenvalue weighted by molar-refractivity contribution is -0.126. The third-order valence-electron chi connectivity index (χ3n) is 7.57. The number of carbonyl (C=O) groups is 1. The maximum atomic E-state index is 14.3. The average molecular weight is 627 g/mol. The maximum Gasteiger partial charge on any atom is 0.332 e. The van der Waals surface area contributed by atoms with Gasteiger partial charge in [-0.25, -0.2) is 22.8 Å². The van der Waals surface area contributed by atoms with Crippen LogP contribution in [0, 0.1) is 0 Å². The number of nitrogens with zero attached hydrogens (tertiary/aromatic N) is 3. The molecular weight excluding hydrogens is 592 g/mol. The van der Waals surface area contributed by atoms with E-state index in [1.54, 1.807) is 25.3 Å². The van der Waals surface area contributed by atoms with Crippen molar-refractivity contribution in [1.82, 2.24) is 18.8 Å². The number of carbonyl (C=O) groups excluding carboxylic acids is 1. The van der Waals surface area contributed by atoms with E-state index in [1.165, 1.54) is 36.9 Å². The molecule has 1 atom stereocenters. The van der Waals surface area contributed by atoms with Gasteiger partial charge in [-0.3, -0.25) is 18.9 Å². The molecule has 2 aromatic carbocycles. The fourth-order valence-electron chi connectivity index (χ4n) is 5.29. The second-order valence-electron chi connectivity index (χ2n) is 11.0. The second-order valence-corrected chi connectivity index (χ2v) is 12.8. The highest BCUT2D eigenvalue weighted by Crippen LogP contribution is 2.32. The van der Waals surface area contributed by atoms with Crippen LogP contribution >= 0.6 is 0 Å².